The predicted molar refractivity (Wildman–Crippen MR) is 103 cm³/mol. The standard InChI is InChI=1S/C22H34O6/c1-13(23)28-10-9-20(2)11-14-5-6-16-21(3,19(26)27)8-7-17(25)22(16,4)18(14)15(24)12-20/h5,15-18,24-25H,6-12H2,1-4H3,(H,26,27)/t15-,16-,17-,18+,20+,21-,22+/m0/s1. The van der Waals surface area contributed by atoms with Gasteiger partial charge in [-0.1, -0.05) is 25.5 Å². The van der Waals surface area contributed by atoms with E-state index in [-0.39, 0.29) is 23.2 Å². The van der Waals surface area contributed by atoms with Gasteiger partial charge in [-0.25, -0.2) is 0 Å². The van der Waals surface area contributed by atoms with Crippen molar-refractivity contribution in [1.82, 2.24) is 0 Å². The van der Waals surface area contributed by atoms with E-state index in [1.165, 1.54) is 6.92 Å². The fraction of sp³-hybridized carbons (Fsp3) is 0.818. The number of allylic oxidation sites excluding steroid dienone is 1. The molecule has 0 aromatic carbocycles. The molecule has 7 atom stereocenters. The fourth-order valence-electron chi connectivity index (χ4n) is 6.49. The van der Waals surface area contributed by atoms with Crippen LogP contribution in [-0.4, -0.2) is 46.1 Å². The Morgan fingerprint density at radius 2 is 1.93 bits per heavy atom. The van der Waals surface area contributed by atoms with Gasteiger partial charge in [0.2, 0.25) is 0 Å². The monoisotopic (exact) mass is 394 g/mol. The zero-order valence-electron chi connectivity index (χ0n) is 17.4. The summed E-state index contributed by atoms with van der Waals surface area (Å²) in [6.07, 6.45) is 4.33. The summed E-state index contributed by atoms with van der Waals surface area (Å²) in [7, 11) is 0. The number of rotatable bonds is 4. The van der Waals surface area contributed by atoms with Gasteiger partial charge in [0.05, 0.1) is 24.2 Å². The summed E-state index contributed by atoms with van der Waals surface area (Å²) in [5, 5.41) is 32.1. The molecular weight excluding hydrogens is 360 g/mol. The van der Waals surface area contributed by atoms with Crippen molar-refractivity contribution in [2.75, 3.05) is 6.61 Å². The van der Waals surface area contributed by atoms with E-state index in [2.05, 4.69) is 13.0 Å². The number of aliphatic hydroxyl groups is 2. The Bertz CT molecular complexity index is 687. The van der Waals surface area contributed by atoms with Crippen LogP contribution in [0.15, 0.2) is 11.6 Å². The van der Waals surface area contributed by atoms with E-state index in [0.29, 0.717) is 38.7 Å². The summed E-state index contributed by atoms with van der Waals surface area (Å²) in [6, 6.07) is 0. The highest BCUT2D eigenvalue weighted by Crippen LogP contribution is 2.64. The van der Waals surface area contributed by atoms with E-state index in [1.807, 2.05) is 6.92 Å². The molecule has 0 radical (unpaired) electrons. The molecule has 3 aliphatic carbocycles. The minimum absolute atomic E-state index is 0.184. The first-order valence-electron chi connectivity index (χ1n) is 10.4. The quantitative estimate of drug-likeness (QED) is 0.500. The number of esters is 1. The molecule has 0 aliphatic heterocycles. The number of ether oxygens (including phenoxy) is 1. The van der Waals surface area contributed by atoms with Crippen LogP contribution in [0, 0.1) is 28.1 Å². The molecule has 3 aliphatic rings. The van der Waals surface area contributed by atoms with Gasteiger partial charge in [0.1, 0.15) is 0 Å². The van der Waals surface area contributed by atoms with Crippen molar-refractivity contribution in [1.29, 1.82) is 0 Å². The normalized spacial score (nSPS) is 45.4. The highest BCUT2D eigenvalue weighted by atomic mass is 16.5. The van der Waals surface area contributed by atoms with E-state index >= 15 is 0 Å². The van der Waals surface area contributed by atoms with Gasteiger partial charge in [-0.05, 0) is 56.8 Å². The van der Waals surface area contributed by atoms with E-state index in [4.69, 9.17) is 4.74 Å². The van der Waals surface area contributed by atoms with Crippen molar-refractivity contribution < 1.29 is 29.6 Å². The summed E-state index contributed by atoms with van der Waals surface area (Å²) >= 11 is 0. The van der Waals surface area contributed by atoms with Crippen LogP contribution in [0.1, 0.15) is 66.2 Å². The first-order chi connectivity index (χ1) is 12.9. The zero-order chi connectivity index (χ0) is 20.9. The van der Waals surface area contributed by atoms with Gasteiger partial charge < -0.3 is 20.1 Å². The summed E-state index contributed by atoms with van der Waals surface area (Å²) in [4.78, 5) is 23.2. The van der Waals surface area contributed by atoms with Crippen LogP contribution >= 0.6 is 0 Å². The Kier molecular flexibility index (Phi) is 5.43. The minimum atomic E-state index is -0.897. The molecule has 158 valence electrons. The Morgan fingerprint density at radius 1 is 1.25 bits per heavy atom. The van der Waals surface area contributed by atoms with Crippen molar-refractivity contribution >= 4 is 11.9 Å². The molecule has 0 aromatic heterocycles. The summed E-state index contributed by atoms with van der Waals surface area (Å²) < 4.78 is 5.11. The Morgan fingerprint density at radius 3 is 2.54 bits per heavy atom. The van der Waals surface area contributed by atoms with Crippen LogP contribution in [0.5, 0.6) is 0 Å². The molecule has 0 bridgehead atoms. The molecule has 0 aromatic rings. The molecule has 3 N–H and O–H groups in total. The molecule has 0 saturated heterocycles. The van der Waals surface area contributed by atoms with Crippen LogP contribution < -0.4 is 0 Å². The van der Waals surface area contributed by atoms with Gasteiger partial charge >= 0.3 is 11.9 Å². The topological polar surface area (TPSA) is 104 Å². The molecule has 0 unspecified atom stereocenters. The SMILES string of the molecule is CC(=O)OCC[C@]1(C)CC2=CC[C@@H]3[C@@](C)([C@H]2[C@@H](O)C1)[C@@H](O)CC[C@]3(C)C(=O)O. The van der Waals surface area contributed by atoms with Gasteiger partial charge in [0.25, 0.3) is 0 Å². The number of carboxylic acids is 1. The van der Waals surface area contributed by atoms with E-state index in [1.54, 1.807) is 6.92 Å². The van der Waals surface area contributed by atoms with Crippen LogP contribution in [0.3, 0.4) is 0 Å². The molecular formula is C22H34O6. The molecule has 0 spiro atoms. The van der Waals surface area contributed by atoms with Crippen molar-refractivity contribution in [2.45, 2.75) is 78.4 Å². The number of fused-ring (bicyclic) bond motifs is 3. The molecule has 2 saturated carbocycles. The van der Waals surface area contributed by atoms with Crippen LogP contribution in [-0.2, 0) is 14.3 Å². The fourth-order valence-corrected chi connectivity index (χ4v) is 6.49. The van der Waals surface area contributed by atoms with Gasteiger partial charge in [-0.15, -0.1) is 0 Å². The number of hydrogen-bond acceptors (Lipinski definition) is 5. The Balaban J connectivity index is 1.91. The Hall–Kier alpha value is -1.40. The lowest BCUT2D eigenvalue weighted by Gasteiger charge is -2.61. The summed E-state index contributed by atoms with van der Waals surface area (Å²) in [5.41, 5.74) is -0.620. The average Bonchev–Trinajstić information content (AvgIpc) is 2.57. The van der Waals surface area contributed by atoms with Crippen molar-refractivity contribution in [2.24, 2.45) is 28.1 Å². The number of carbonyl (C=O) groups is 2. The zero-order valence-corrected chi connectivity index (χ0v) is 17.4. The van der Waals surface area contributed by atoms with Gasteiger partial charge in [-0.3, -0.25) is 9.59 Å². The third-order valence-electron chi connectivity index (χ3n) is 8.08. The molecule has 28 heavy (non-hydrogen) atoms. The second kappa shape index (κ2) is 7.13. The summed E-state index contributed by atoms with van der Waals surface area (Å²) in [6.45, 7) is 7.59. The molecule has 3 rings (SSSR count). The van der Waals surface area contributed by atoms with Gasteiger partial charge in [0.15, 0.2) is 0 Å². The van der Waals surface area contributed by atoms with Crippen molar-refractivity contribution in [3.8, 4) is 0 Å². The molecule has 0 heterocycles. The number of aliphatic hydroxyl groups excluding tert-OH is 2. The minimum Gasteiger partial charge on any atom is -0.481 e. The lowest BCUT2D eigenvalue weighted by atomic mass is 9.44. The van der Waals surface area contributed by atoms with E-state index in [0.717, 1.165) is 12.0 Å². The van der Waals surface area contributed by atoms with Crippen molar-refractivity contribution in [3.05, 3.63) is 11.6 Å². The molecule has 6 nitrogen and oxygen atoms in total. The lowest BCUT2D eigenvalue weighted by molar-refractivity contribution is -0.188. The maximum Gasteiger partial charge on any atom is 0.309 e. The third-order valence-corrected chi connectivity index (χ3v) is 8.08. The molecule has 0 amide bonds. The number of aliphatic carboxylic acids is 1. The van der Waals surface area contributed by atoms with E-state index in [9.17, 15) is 24.9 Å². The second-order valence-corrected chi connectivity index (χ2v) is 10.0. The maximum atomic E-state index is 12.1. The van der Waals surface area contributed by atoms with Crippen LogP contribution in [0.4, 0.5) is 0 Å². The average molecular weight is 395 g/mol. The van der Waals surface area contributed by atoms with Crippen molar-refractivity contribution in [3.63, 3.8) is 0 Å². The Labute approximate surface area is 167 Å². The third kappa shape index (κ3) is 3.28. The second-order valence-electron chi connectivity index (χ2n) is 10.0. The van der Waals surface area contributed by atoms with Crippen LogP contribution in [0.2, 0.25) is 0 Å². The predicted octanol–water partition coefficient (Wildman–Crippen LogP) is 2.92. The highest BCUT2D eigenvalue weighted by Gasteiger charge is 2.63. The van der Waals surface area contributed by atoms with E-state index < -0.39 is 29.0 Å². The first kappa shape index (κ1) is 21.3. The number of hydrogen-bond donors (Lipinski definition) is 3. The summed E-state index contributed by atoms with van der Waals surface area (Å²) in [5.74, 6) is -1.57. The van der Waals surface area contributed by atoms with Crippen LogP contribution in [0.25, 0.3) is 0 Å². The van der Waals surface area contributed by atoms with Gasteiger partial charge in [-0.2, -0.15) is 0 Å². The van der Waals surface area contributed by atoms with Gasteiger partial charge in [0, 0.05) is 18.3 Å². The number of carboxylic acid groups (broad SMARTS) is 1. The highest BCUT2D eigenvalue weighted by molar-refractivity contribution is 5.75. The maximum absolute atomic E-state index is 12.1. The molecule has 6 heteroatoms. The first-order valence-corrected chi connectivity index (χ1v) is 10.4. The molecule has 2 fully saturated rings. The lowest BCUT2D eigenvalue weighted by Crippen LogP contribution is -2.62. The number of carbonyl (C=O) groups excluding carboxylic acids is 1. The smallest absolute Gasteiger partial charge is 0.309 e. The largest absolute Gasteiger partial charge is 0.481 e.